The van der Waals surface area contributed by atoms with Gasteiger partial charge in [0.15, 0.2) is 0 Å². The van der Waals surface area contributed by atoms with E-state index >= 15 is 0 Å². The number of halogens is 1. The lowest BCUT2D eigenvalue weighted by Gasteiger charge is -2.12. The van der Waals surface area contributed by atoms with Gasteiger partial charge in [-0.2, -0.15) is 0 Å². The lowest BCUT2D eigenvalue weighted by Crippen LogP contribution is -2.18. The number of hydrogen-bond acceptors (Lipinski definition) is 2. The molecule has 0 unspecified atom stereocenters. The first-order chi connectivity index (χ1) is 10.1. The molecule has 0 aliphatic carbocycles. The normalized spacial score (nSPS) is 12.0. The molecule has 4 heteroatoms. The Hall–Kier alpha value is -1.84. The molecule has 2 aromatic carbocycles. The van der Waals surface area contributed by atoms with Gasteiger partial charge >= 0.3 is 0 Å². The Kier molecular flexibility index (Phi) is 4.99. The number of methoxy groups -OCH3 is 1. The number of rotatable bonds is 4. The Balaban J connectivity index is 2.45. The van der Waals surface area contributed by atoms with Crippen molar-refractivity contribution in [2.24, 2.45) is 0 Å². The van der Waals surface area contributed by atoms with Crippen molar-refractivity contribution in [1.82, 2.24) is 5.32 Å². The van der Waals surface area contributed by atoms with Crippen LogP contribution < -0.4 is 5.32 Å². The van der Waals surface area contributed by atoms with Gasteiger partial charge in [0.25, 0.3) is 5.91 Å². The van der Waals surface area contributed by atoms with E-state index in [1.165, 1.54) is 0 Å². The largest absolute Gasteiger partial charge is 0.377 e. The van der Waals surface area contributed by atoms with Crippen LogP contribution in [-0.2, 0) is 4.74 Å². The minimum atomic E-state index is -0.191. The molecule has 0 aliphatic heterocycles. The lowest BCUT2D eigenvalue weighted by atomic mass is 9.99. The average molecular weight is 304 g/mol. The quantitative estimate of drug-likeness (QED) is 0.924. The molecule has 0 bridgehead atoms. The number of amides is 1. The molecule has 1 N–H and O–H groups in total. The van der Waals surface area contributed by atoms with Crippen LogP contribution in [0.1, 0.15) is 28.9 Å². The summed E-state index contributed by atoms with van der Waals surface area (Å²) in [5, 5.41) is 3.04. The summed E-state index contributed by atoms with van der Waals surface area (Å²) in [7, 11) is 3.27. The second-order valence-corrected chi connectivity index (χ2v) is 5.18. The molecule has 0 heterocycles. The summed E-state index contributed by atoms with van der Waals surface area (Å²) in [6, 6.07) is 13.5. The van der Waals surface area contributed by atoms with E-state index in [-0.39, 0.29) is 12.0 Å². The van der Waals surface area contributed by atoms with Crippen LogP contribution in [0.25, 0.3) is 11.1 Å². The van der Waals surface area contributed by atoms with Crippen LogP contribution in [-0.4, -0.2) is 20.1 Å². The van der Waals surface area contributed by atoms with Crippen molar-refractivity contribution >= 4 is 17.5 Å². The van der Waals surface area contributed by atoms with Crippen molar-refractivity contribution in [3.05, 3.63) is 58.6 Å². The van der Waals surface area contributed by atoms with Gasteiger partial charge in [-0.3, -0.25) is 4.79 Å². The van der Waals surface area contributed by atoms with Gasteiger partial charge in [-0.05, 0) is 41.8 Å². The maximum Gasteiger partial charge on any atom is 0.252 e. The zero-order chi connectivity index (χ0) is 15.4. The van der Waals surface area contributed by atoms with Gasteiger partial charge in [-0.1, -0.05) is 35.9 Å². The Morgan fingerprint density at radius 2 is 1.90 bits per heavy atom. The van der Waals surface area contributed by atoms with Crippen LogP contribution in [0.2, 0.25) is 5.02 Å². The lowest BCUT2D eigenvalue weighted by molar-refractivity contribution is 0.0963. The number of benzene rings is 2. The van der Waals surface area contributed by atoms with Crippen molar-refractivity contribution in [1.29, 1.82) is 0 Å². The minimum absolute atomic E-state index is 0.0238. The summed E-state index contributed by atoms with van der Waals surface area (Å²) in [5.74, 6) is -0.191. The predicted molar refractivity (Wildman–Crippen MR) is 85.7 cm³/mol. The second-order valence-electron chi connectivity index (χ2n) is 4.78. The van der Waals surface area contributed by atoms with E-state index in [0.717, 1.165) is 16.7 Å². The smallest absolute Gasteiger partial charge is 0.252 e. The van der Waals surface area contributed by atoms with Gasteiger partial charge in [0.1, 0.15) is 0 Å². The molecule has 0 radical (unpaired) electrons. The zero-order valence-corrected chi connectivity index (χ0v) is 13.1. The summed E-state index contributed by atoms with van der Waals surface area (Å²) in [6.45, 7) is 2.00. The highest BCUT2D eigenvalue weighted by atomic mass is 35.5. The highest BCUT2D eigenvalue weighted by Crippen LogP contribution is 2.28. The third kappa shape index (κ3) is 3.43. The minimum Gasteiger partial charge on any atom is -0.377 e. The van der Waals surface area contributed by atoms with Crippen LogP contribution in [0.3, 0.4) is 0 Å². The Morgan fingerprint density at radius 3 is 2.57 bits per heavy atom. The van der Waals surface area contributed by atoms with Crippen molar-refractivity contribution < 1.29 is 9.53 Å². The van der Waals surface area contributed by atoms with Gasteiger partial charge < -0.3 is 10.1 Å². The van der Waals surface area contributed by atoms with Crippen LogP contribution in [0.4, 0.5) is 0 Å². The molecule has 21 heavy (non-hydrogen) atoms. The molecule has 0 aliphatic rings. The van der Waals surface area contributed by atoms with Gasteiger partial charge in [0, 0.05) is 14.2 Å². The Labute approximate surface area is 129 Å². The standard InChI is InChI=1S/C17H18ClNO2/c1-11(21-3)12-5-4-6-13(9-12)14-7-8-16(18)15(10-14)17(20)19-2/h4-11H,1-3H3,(H,19,20)/t11-/m0/s1. The fraction of sp³-hybridized carbons (Fsp3) is 0.235. The molecule has 110 valence electrons. The zero-order valence-electron chi connectivity index (χ0n) is 12.3. The number of ether oxygens (including phenoxy) is 1. The second kappa shape index (κ2) is 6.74. The number of carbonyl (C=O) groups excluding carboxylic acids is 1. The van der Waals surface area contributed by atoms with E-state index in [2.05, 4.69) is 11.4 Å². The molecule has 2 aromatic rings. The van der Waals surface area contributed by atoms with E-state index in [1.807, 2.05) is 31.2 Å². The average Bonchev–Trinajstić information content (AvgIpc) is 2.54. The van der Waals surface area contributed by atoms with Gasteiger partial charge in [0.2, 0.25) is 0 Å². The Bertz CT molecular complexity index is 655. The van der Waals surface area contributed by atoms with Crippen molar-refractivity contribution in [2.75, 3.05) is 14.2 Å². The topological polar surface area (TPSA) is 38.3 Å². The van der Waals surface area contributed by atoms with Gasteiger partial charge in [0.05, 0.1) is 16.7 Å². The molecule has 0 spiro atoms. The van der Waals surface area contributed by atoms with Gasteiger partial charge in [-0.15, -0.1) is 0 Å². The first-order valence-corrected chi connectivity index (χ1v) is 7.09. The fourth-order valence-electron chi connectivity index (χ4n) is 2.12. The third-order valence-corrected chi connectivity index (χ3v) is 3.81. The third-order valence-electron chi connectivity index (χ3n) is 3.48. The summed E-state index contributed by atoms with van der Waals surface area (Å²) in [4.78, 5) is 11.8. The van der Waals surface area contributed by atoms with Crippen molar-refractivity contribution in [3.63, 3.8) is 0 Å². The molecule has 2 rings (SSSR count). The number of carbonyl (C=O) groups is 1. The molecular formula is C17H18ClNO2. The van der Waals surface area contributed by atoms with E-state index in [4.69, 9.17) is 16.3 Å². The SMILES string of the molecule is CNC(=O)c1cc(-c2cccc([C@H](C)OC)c2)ccc1Cl. The molecule has 0 fully saturated rings. The van der Waals surface area contributed by atoms with E-state index < -0.39 is 0 Å². The molecule has 3 nitrogen and oxygen atoms in total. The molecular weight excluding hydrogens is 286 g/mol. The van der Waals surface area contributed by atoms with Crippen LogP contribution in [0.5, 0.6) is 0 Å². The van der Waals surface area contributed by atoms with E-state index in [0.29, 0.717) is 10.6 Å². The predicted octanol–water partition coefficient (Wildman–Crippen LogP) is 4.07. The molecule has 1 amide bonds. The number of hydrogen-bond donors (Lipinski definition) is 1. The highest BCUT2D eigenvalue weighted by molar-refractivity contribution is 6.34. The fourth-order valence-corrected chi connectivity index (χ4v) is 2.32. The summed E-state index contributed by atoms with van der Waals surface area (Å²) in [5.41, 5.74) is 3.54. The van der Waals surface area contributed by atoms with E-state index in [9.17, 15) is 4.79 Å². The van der Waals surface area contributed by atoms with Crippen LogP contribution in [0, 0.1) is 0 Å². The summed E-state index contributed by atoms with van der Waals surface area (Å²) >= 11 is 6.08. The summed E-state index contributed by atoms with van der Waals surface area (Å²) in [6.07, 6.45) is 0.0238. The van der Waals surface area contributed by atoms with E-state index in [1.54, 1.807) is 26.3 Å². The van der Waals surface area contributed by atoms with Crippen LogP contribution >= 0.6 is 11.6 Å². The molecule has 1 atom stereocenters. The van der Waals surface area contributed by atoms with Crippen LogP contribution in [0.15, 0.2) is 42.5 Å². The maximum atomic E-state index is 11.8. The monoisotopic (exact) mass is 303 g/mol. The van der Waals surface area contributed by atoms with Gasteiger partial charge in [-0.25, -0.2) is 0 Å². The highest BCUT2D eigenvalue weighted by Gasteiger charge is 2.11. The molecule has 0 aromatic heterocycles. The van der Waals surface area contributed by atoms with Crippen molar-refractivity contribution in [2.45, 2.75) is 13.0 Å². The number of nitrogens with one attached hydrogen (secondary N) is 1. The molecule has 0 saturated carbocycles. The van der Waals surface area contributed by atoms with Crippen molar-refractivity contribution in [3.8, 4) is 11.1 Å². The first kappa shape index (κ1) is 15.5. The molecule has 0 saturated heterocycles. The maximum absolute atomic E-state index is 11.8. The first-order valence-electron chi connectivity index (χ1n) is 6.71. The Morgan fingerprint density at radius 1 is 1.19 bits per heavy atom. The summed E-state index contributed by atoms with van der Waals surface area (Å²) < 4.78 is 5.34.